The summed E-state index contributed by atoms with van der Waals surface area (Å²) in [4.78, 5) is 12.5. The van der Waals surface area contributed by atoms with Crippen LogP contribution in [-0.2, 0) is 4.74 Å². The van der Waals surface area contributed by atoms with E-state index >= 15 is 0 Å². The molecule has 27 heavy (non-hydrogen) atoms. The van der Waals surface area contributed by atoms with Crippen LogP contribution in [0.1, 0.15) is 44.9 Å². The fourth-order valence-electron chi connectivity index (χ4n) is 5.40. The molecule has 0 atom stereocenters. The number of hydrogen-bond donors (Lipinski definition) is 0. The number of hydrogen-bond acceptors (Lipinski definition) is 5. The standard InChI is InChI=1S/C22H34N4O/c1-2-19(3-1)24-10-6-22(7-11-24)8-12-26(13-9-22)21-5-4-20(18-23-21)25-14-16-27-17-15-25/h4-5,18-19H,1-3,6-17H2. The van der Waals surface area contributed by atoms with E-state index in [4.69, 9.17) is 9.72 Å². The highest BCUT2D eigenvalue weighted by molar-refractivity contribution is 5.51. The maximum Gasteiger partial charge on any atom is 0.128 e. The van der Waals surface area contributed by atoms with Gasteiger partial charge in [-0.05, 0) is 69.2 Å². The van der Waals surface area contributed by atoms with Crippen LogP contribution in [-0.4, -0.2) is 68.4 Å². The number of morpholine rings is 1. The van der Waals surface area contributed by atoms with E-state index in [0.29, 0.717) is 5.41 Å². The van der Waals surface area contributed by atoms with Crippen LogP contribution in [0.2, 0.25) is 0 Å². The average molecular weight is 371 g/mol. The Morgan fingerprint density at radius 1 is 0.852 bits per heavy atom. The smallest absolute Gasteiger partial charge is 0.128 e. The second-order valence-electron chi connectivity index (χ2n) is 9.08. The normalized spacial score (nSPS) is 27.0. The number of ether oxygens (including phenoxy) is 1. The summed E-state index contributed by atoms with van der Waals surface area (Å²) >= 11 is 0. The Morgan fingerprint density at radius 2 is 1.56 bits per heavy atom. The second-order valence-corrected chi connectivity index (χ2v) is 9.08. The minimum Gasteiger partial charge on any atom is -0.378 e. The average Bonchev–Trinajstić information content (AvgIpc) is 2.70. The first-order valence-electron chi connectivity index (χ1n) is 11.1. The fourth-order valence-corrected chi connectivity index (χ4v) is 5.40. The molecule has 1 spiro atoms. The minimum absolute atomic E-state index is 0.616. The zero-order valence-corrected chi connectivity index (χ0v) is 16.6. The molecule has 1 aromatic heterocycles. The summed E-state index contributed by atoms with van der Waals surface area (Å²) in [6.07, 6.45) is 11.9. The fraction of sp³-hybridized carbons (Fsp3) is 0.773. The van der Waals surface area contributed by atoms with Gasteiger partial charge in [-0.15, -0.1) is 0 Å². The zero-order chi connectivity index (χ0) is 18.1. The van der Waals surface area contributed by atoms with Crippen molar-refractivity contribution in [3.05, 3.63) is 18.3 Å². The van der Waals surface area contributed by atoms with E-state index in [0.717, 1.165) is 38.2 Å². The molecule has 4 aliphatic rings. The molecule has 3 saturated heterocycles. The van der Waals surface area contributed by atoms with Crippen molar-refractivity contribution in [2.24, 2.45) is 5.41 Å². The van der Waals surface area contributed by atoms with Gasteiger partial charge in [0.2, 0.25) is 0 Å². The lowest BCUT2D eigenvalue weighted by atomic mass is 9.70. The first-order valence-corrected chi connectivity index (χ1v) is 11.1. The predicted octanol–water partition coefficient (Wildman–Crippen LogP) is 3.15. The Balaban J connectivity index is 1.15. The second kappa shape index (κ2) is 7.59. The van der Waals surface area contributed by atoms with Crippen LogP contribution in [0.3, 0.4) is 0 Å². The molecule has 148 valence electrons. The maximum absolute atomic E-state index is 5.45. The summed E-state index contributed by atoms with van der Waals surface area (Å²) < 4.78 is 5.45. The number of anilines is 2. The summed E-state index contributed by atoms with van der Waals surface area (Å²) in [6.45, 7) is 8.65. The molecule has 0 N–H and O–H groups in total. The maximum atomic E-state index is 5.45. The van der Waals surface area contributed by atoms with Gasteiger partial charge >= 0.3 is 0 Å². The number of piperidine rings is 2. The topological polar surface area (TPSA) is 31.8 Å². The van der Waals surface area contributed by atoms with Gasteiger partial charge in [0.25, 0.3) is 0 Å². The van der Waals surface area contributed by atoms with Crippen LogP contribution in [0.25, 0.3) is 0 Å². The van der Waals surface area contributed by atoms with Crippen LogP contribution in [0.15, 0.2) is 18.3 Å². The SMILES string of the molecule is c1cc(N2CCC3(CC2)CCN(C2CCC2)CC3)ncc1N1CCOCC1. The third kappa shape index (κ3) is 3.68. The third-order valence-electron chi connectivity index (χ3n) is 7.71. The summed E-state index contributed by atoms with van der Waals surface area (Å²) in [6, 6.07) is 5.40. The number of likely N-dealkylation sites (tertiary alicyclic amines) is 1. The van der Waals surface area contributed by atoms with E-state index in [1.165, 1.54) is 76.8 Å². The molecule has 5 heteroatoms. The molecule has 5 nitrogen and oxygen atoms in total. The number of nitrogens with zero attached hydrogens (tertiary/aromatic N) is 4. The Labute approximate surface area is 163 Å². The van der Waals surface area contributed by atoms with Crippen molar-refractivity contribution in [2.75, 3.05) is 62.3 Å². The van der Waals surface area contributed by atoms with Crippen molar-refractivity contribution >= 4 is 11.5 Å². The summed E-state index contributed by atoms with van der Waals surface area (Å²) in [5.74, 6) is 1.16. The lowest BCUT2D eigenvalue weighted by molar-refractivity contribution is 0.0305. The molecule has 4 heterocycles. The minimum atomic E-state index is 0.616. The molecule has 1 aliphatic carbocycles. The third-order valence-corrected chi connectivity index (χ3v) is 7.71. The van der Waals surface area contributed by atoms with E-state index in [-0.39, 0.29) is 0 Å². The molecular weight excluding hydrogens is 336 g/mol. The van der Waals surface area contributed by atoms with Gasteiger partial charge in [-0.2, -0.15) is 0 Å². The van der Waals surface area contributed by atoms with Crippen LogP contribution in [0.5, 0.6) is 0 Å². The largest absolute Gasteiger partial charge is 0.378 e. The molecule has 0 aromatic carbocycles. The number of aromatic nitrogens is 1. The molecular formula is C22H34N4O. The summed E-state index contributed by atoms with van der Waals surface area (Å²) in [7, 11) is 0. The van der Waals surface area contributed by atoms with Gasteiger partial charge in [0, 0.05) is 32.2 Å². The van der Waals surface area contributed by atoms with Gasteiger partial charge in [0.15, 0.2) is 0 Å². The number of pyridine rings is 1. The molecule has 4 fully saturated rings. The molecule has 1 aromatic rings. The van der Waals surface area contributed by atoms with Gasteiger partial charge in [0.05, 0.1) is 25.1 Å². The Morgan fingerprint density at radius 3 is 2.15 bits per heavy atom. The molecule has 1 saturated carbocycles. The van der Waals surface area contributed by atoms with E-state index in [1.54, 1.807) is 0 Å². The highest BCUT2D eigenvalue weighted by atomic mass is 16.5. The summed E-state index contributed by atoms with van der Waals surface area (Å²) in [5, 5.41) is 0. The molecule has 0 bridgehead atoms. The molecule has 0 radical (unpaired) electrons. The highest BCUT2D eigenvalue weighted by Crippen LogP contribution is 2.43. The summed E-state index contributed by atoms with van der Waals surface area (Å²) in [5.41, 5.74) is 1.85. The lowest BCUT2D eigenvalue weighted by Gasteiger charge is -2.50. The van der Waals surface area contributed by atoms with Crippen molar-refractivity contribution in [3.8, 4) is 0 Å². The van der Waals surface area contributed by atoms with E-state index in [9.17, 15) is 0 Å². The molecule has 0 unspecified atom stereocenters. The molecule has 3 aliphatic heterocycles. The van der Waals surface area contributed by atoms with E-state index in [2.05, 4.69) is 33.0 Å². The predicted molar refractivity (Wildman–Crippen MR) is 110 cm³/mol. The monoisotopic (exact) mass is 370 g/mol. The van der Waals surface area contributed by atoms with Crippen molar-refractivity contribution in [1.29, 1.82) is 0 Å². The Kier molecular flexibility index (Phi) is 4.99. The van der Waals surface area contributed by atoms with Crippen LogP contribution < -0.4 is 9.80 Å². The van der Waals surface area contributed by atoms with Gasteiger partial charge in [-0.3, -0.25) is 0 Å². The lowest BCUT2D eigenvalue weighted by Crippen LogP contribution is -2.51. The first-order chi connectivity index (χ1) is 13.3. The first kappa shape index (κ1) is 17.7. The quantitative estimate of drug-likeness (QED) is 0.816. The Bertz CT molecular complexity index is 606. The molecule has 0 amide bonds. The van der Waals surface area contributed by atoms with E-state index < -0.39 is 0 Å². The van der Waals surface area contributed by atoms with Gasteiger partial charge < -0.3 is 19.4 Å². The van der Waals surface area contributed by atoms with Crippen LogP contribution in [0.4, 0.5) is 11.5 Å². The van der Waals surface area contributed by atoms with Gasteiger partial charge in [0.1, 0.15) is 5.82 Å². The van der Waals surface area contributed by atoms with Crippen molar-refractivity contribution in [3.63, 3.8) is 0 Å². The molecule has 5 rings (SSSR count). The van der Waals surface area contributed by atoms with Crippen LogP contribution in [0, 0.1) is 5.41 Å². The van der Waals surface area contributed by atoms with Crippen LogP contribution >= 0.6 is 0 Å². The van der Waals surface area contributed by atoms with Crippen molar-refractivity contribution in [1.82, 2.24) is 9.88 Å². The van der Waals surface area contributed by atoms with Gasteiger partial charge in [-0.25, -0.2) is 4.98 Å². The highest BCUT2D eigenvalue weighted by Gasteiger charge is 2.39. The number of rotatable bonds is 3. The van der Waals surface area contributed by atoms with Crippen molar-refractivity contribution < 1.29 is 4.74 Å². The van der Waals surface area contributed by atoms with Gasteiger partial charge in [-0.1, -0.05) is 6.42 Å². The zero-order valence-electron chi connectivity index (χ0n) is 16.6. The van der Waals surface area contributed by atoms with Crippen molar-refractivity contribution in [2.45, 2.75) is 51.0 Å². The Hall–Kier alpha value is -1.33. The van der Waals surface area contributed by atoms with E-state index in [1.807, 2.05) is 0 Å².